The molecule has 3 N–H and O–H groups in total. The Morgan fingerprint density at radius 2 is 1.95 bits per heavy atom. The molecule has 0 spiro atoms. The van der Waals surface area contributed by atoms with E-state index in [1.165, 1.54) is 0 Å². The molecule has 114 valence electrons. The van der Waals surface area contributed by atoms with E-state index >= 15 is 0 Å². The number of ether oxygens (including phenoxy) is 1. The summed E-state index contributed by atoms with van der Waals surface area (Å²) in [6, 6.07) is 17.3. The second kappa shape index (κ2) is 6.64. The zero-order valence-electron chi connectivity index (χ0n) is 12.2. The van der Waals surface area contributed by atoms with E-state index in [-0.39, 0.29) is 0 Å². The summed E-state index contributed by atoms with van der Waals surface area (Å²) >= 11 is 0. The zero-order chi connectivity index (χ0) is 15.4. The smallest absolute Gasteiger partial charge is 0.146 e. The van der Waals surface area contributed by atoms with Gasteiger partial charge in [0.05, 0.1) is 6.10 Å². The first kappa shape index (κ1) is 14.6. The van der Waals surface area contributed by atoms with Crippen LogP contribution in [0.15, 0.2) is 59.0 Å². The van der Waals surface area contributed by atoms with Gasteiger partial charge in [-0.05, 0) is 42.8 Å². The molecule has 4 nitrogen and oxygen atoms in total. The van der Waals surface area contributed by atoms with E-state index < -0.39 is 6.10 Å². The van der Waals surface area contributed by atoms with Crippen LogP contribution in [-0.4, -0.2) is 11.7 Å². The lowest BCUT2D eigenvalue weighted by Gasteiger charge is -2.11. The van der Waals surface area contributed by atoms with Crippen molar-refractivity contribution in [2.24, 2.45) is 5.73 Å². The molecule has 2 aromatic carbocycles. The molecule has 1 aromatic heterocycles. The summed E-state index contributed by atoms with van der Waals surface area (Å²) in [6.45, 7) is 0.802. The molecule has 0 aliphatic heterocycles. The summed E-state index contributed by atoms with van der Waals surface area (Å²) in [5.74, 6) is 1.48. The highest BCUT2D eigenvalue weighted by atomic mass is 16.5. The van der Waals surface area contributed by atoms with E-state index in [0.717, 1.165) is 22.3 Å². The lowest BCUT2D eigenvalue weighted by molar-refractivity contribution is 0.169. The van der Waals surface area contributed by atoms with Crippen molar-refractivity contribution in [2.45, 2.75) is 19.1 Å². The van der Waals surface area contributed by atoms with Crippen LogP contribution in [0, 0.1) is 0 Å². The summed E-state index contributed by atoms with van der Waals surface area (Å²) in [6.07, 6.45) is -0.0210. The van der Waals surface area contributed by atoms with E-state index in [9.17, 15) is 5.11 Å². The zero-order valence-corrected chi connectivity index (χ0v) is 12.2. The number of hydrogen-bond acceptors (Lipinski definition) is 4. The van der Waals surface area contributed by atoms with Gasteiger partial charge in [0.15, 0.2) is 0 Å². The van der Waals surface area contributed by atoms with Crippen LogP contribution in [0.25, 0.3) is 11.0 Å². The molecule has 0 saturated heterocycles. The Labute approximate surface area is 129 Å². The summed E-state index contributed by atoms with van der Waals surface area (Å²) in [7, 11) is 0. The van der Waals surface area contributed by atoms with Gasteiger partial charge in [-0.1, -0.05) is 30.3 Å². The van der Waals surface area contributed by atoms with Crippen molar-refractivity contribution < 1.29 is 14.3 Å². The molecule has 0 fully saturated rings. The van der Waals surface area contributed by atoms with Gasteiger partial charge in [-0.15, -0.1) is 0 Å². The largest absolute Gasteiger partial charge is 0.486 e. The predicted octanol–water partition coefficient (Wildman–Crippen LogP) is 3.39. The van der Waals surface area contributed by atoms with Crippen molar-refractivity contribution >= 4 is 11.0 Å². The normalized spacial score (nSPS) is 12.5. The number of nitrogens with two attached hydrogens (primary N) is 1. The van der Waals surface area contributed by atoms with Crippen LogP contribution < -0.4 is 10.5 Å². The van der Waals surface area contributed by atoms with Gasteiger partial charge in [0.2, 0.25) is 0 Å². The first-order valence-electron chi connectivity index (χ1n) is 7.34. The minimum Gasteiger partial charge on any atom is -0.486 e. The molecule has 4 heteroatoms. The second-order valence-corrected chi connectivity index (χ2v) is 5.20. The van der Waals surface area contributed by atoms with E-state index in [4.69, 9.17) is 14.9 Å². The highest BCUT2D eigenvalue weighted by Crippen LogP contribution is 2.23. The molecule has 0 unspecified atom stereocenters. The van der Waals surface area contributed by atoms with Crippen LogP contribution in [0.5, 0.6) is 5.75 Å². The molecule has 1 atom stereocenters. The maximum atomic E-state index is 9.97. The van der Waals surface area contributed by atoms with Crippen molar-refractivity contribution in [1.29, 1.82) is 0 Å². The topological polar surface area (TPSA) is 68.6 Å². The minimum absolute atomic E-state index is 0.352. The molecule has 3 rings (SSSR count). The minimum atomic E-state index is -0.556. The highest BCUT2D eigenvalue weighted by Gasteiger charge is 2.08. The fourth-order valence-corrected chi connectivity index (χ4v) is 2.40. The quantitative estimate of drug-likeness (QED) is 0.731. The molecule has 0 bridgehead atoms. The Bertz CT molecular complexity index is 718. The number of furan rings is 1. The molecule has 0 aliphatic rings. The van der Waals surface area contributed by atoms with Crippen LogP contribution in [0.3, 0.4) is 0 Å². The van der Waals surface area contributed by atoms with Crippen molar-refractivity contribution in [3.8, 4) is 5.75 Å². The molecule has 0 aliphatic carbocycles. The average Bonchev–Trinajstić information content (AvgIpc) is 2.96. The lowest BCUT2D eigenvalue weighted by Crippen LogP contribution is -2.06. The van der Waals surface area contributed by atoms with Crippen molar-refractivity contribution in [3.63, 3.8) is 0 Å². The fourth-order valence-electron chi connectivity index (χ4n) is 2.40. The molecule has 0 radical (unpaired) electrons. The summed E-state index contributed by atoms with van der Waals surface area (Å²) in [4.78, 5) is 0. The van der Waals surface area contributed by atoms with E-state index in [1.54, 1.807) is 0 Å². The third-order valence-corrected chi connectivity index (χ3v) is 3.54. The van der Waals surface area contributed by atoms with Crippen LogP contribution in [0.2, 0.25) is 0 Å². The highest BCUT2D eigenvalue weighted by molar-refractivity contribution is 5.77. The summed E-state index contributed by atoms with van der Waals surface area (Å²) < 4.78 is 11.5. The third-order valence-electron chi connectivity index (χ3n) is 3.54. The number of aliphatic hydroxyl groups is 1. The van der Waals surface area contributed by atoms with Gasteiger partial charge >= 0.3 is 0 Å². The third kappa shape index (κ3) is 3.30. The fraction of sp³-hybridized carbons (Fsp3) is 0.222. The van der Waals surface area contributed by atoms with E-state index in [0.29, 0.717) is 25.3 Å². The first-order valence-corrected chi connectivity index (χ1v) is 7.34. The van der Waals surface area contributed by atoms with Crippen molar-refractivity contribution in [1.82, 2.24) is 0 Å². The van der Waals surface area contributed by atoms with Crippen LogP contribution >= 0.6 is 0 Å². The maximum Gasteiger partial charge on any atom is 0.146 e. The van der Waals surface area contributed by atoms with E-state index in [1.807, 2.05) is 54.6 Å². The van der Waals surface area contributed by atoms with Gasteiger partial charge in [0.1, 0.15) is 23.7 Å². The Hall–Kier alpha value is -2.30. The molecule has 22 heavy (non-hydrogen) atoms. The van der Waals surface area contributed by atoms with Gasteiger partial charge < -0.3 is 20.0 Å². The molecule has 0 saturated carbocycles. The SMILES string of the molecule is NCC[C@@H](O)c1cccc(OCc2cc3ccccc3o2)c1. The van der Waals surface area contributed by atoms with Crippen LogP contribution in [-0.2, 0) is 6.61 Å². The van der Waals surface area contributed by atoms with Crippen LogP contribution in [0.4, 0.5) is 0 Å². The number of hydrogen-bond donors (Lipinski definition) is 2. The van der Waals surface area contributed by atoms with Gasteiger partial charge in [0.25, 0.3) is 0 Å². The van der Waals surface area contributed by atoms with Crippen molar-refractivity contribution in [3.05, 3.63) is 65.9 Å². The van der Waals surface area contributed by atoms with E-state index in [2.05, 4.69) is 0 Å². The number of aliphatic hydroxyl groups excluding tert-OH is 1. The average molecular weight is 297 g/mol. The Kier molecular flexibility index (Phi) is 4.42. The van der Waals surface area contributed by atoms with Gasteiger partial charge in [-0.2, -0.15) is 0 Å². The molecular weight excluding hydrogens is 278 g/mol. The van der Waals surface area contributed by atoms with Gasteiger partial charge in [-0.3, -0.25) is 0 Å². The Morgan fingerprint density at radius 3 is 2.77 bits per heavy atom. The summed E-state index contributed by atoms with van der Waals surface area (Å²) in [5.41, 5.74) is 7.14. The Balaban J connectivity index is 1.69. The Morgan fingerprint density at radius 1 is 1.09 bits per heavy atom. The van der Waals surface area contributed by atoms with Gasteiger partial charge in [-0.25, -0.2) is 0 Å². The number of benzene rings is 2. The molecule has 0 amide bonds. The summed E-state index contributed by atoms with van der Waals surface area (Å²) in [5, 5.41) is 11.0. The maximum absolute atomic E-state index is 9.97. The molecule has 3 aromatic rings. The first-order chi connectivity index (χ1) is 10.8. The second-order valence-electron chi connectivity index (χ2n) is 5.20. The van der Waals surface area contributed by atoms with Crippen LogP contribution in [0.1, 0.15) is 23.8 Å². The lowest BCUT2D eigenvalue weighted by atomic mass is 10.1. The number of para-hydroxylation sites is 1. The number of fused-ring (bicyclic) bond motifs is 1. The molecular formula is C18H19NO3. The number of rotatable bonds is 6. The molecule has 1 heterocycles. The monoisotopic (exact) mass is 297 g/mol. The van der Waals surface area contributed by atoms with Gasteiger partial charge in [0, 0.05) is 5.39 Å². The standard InChI is InChI=1S/C18H19NO3/c19-9-8-17(20)13-5-3-6-15(10-13)21-12-16-11-14-4-1-2-7-18(14)22-16/h1-7,10-11,17,20H,8-9,12,19H2/t17-/m1/s1. The van der Waals surface area contributed by atoms with Crippen molar-refractivity contribution in [2.75, 3.05) is 6.54 Å². The predicted molar refractivity (Wildman–Crippen MR) is 85.6 cm³/mol.